The average molecular weight is 328 g/mol. The van der Waals surface area contributed by atoms with Crippen LogP contribution in [0, 0.1) is 0 Å². The van der Waals surface area contributed by atoms with Gasteiger partial charge in [-0.3, -0.25) is 9.69 Å². The summed E-state index contributed by atoms with van der Waals surface area (Å²) in [5.74, 6) is 0.395. The van der Waals surface area contributed by atoms with E-state index in [1.54, 1.807) is 4.90 Å². The molecule has 0 aliphatic rings. The first-order valence-corrected chi connectivity index (χ1v) is 8.37. The first-order chi connectivity index (χ1) is 10.6. The van der Waals surface area contributed by atoms with E-state index in [1.807, 2.05) is 38.1 Å². The van der Waals surface area contributed by atoms with Crippen LogP contribution in [-0.2, 0) is 9.53 Å². The summed E-state index contributed by atoms with van der Waals surface area (Å²) in [4.78, 5) is 13.7. The third-order valence-electron chi connectivity index (χ3n) is 3.39. The zero-order valence-corrected chi connectivity index (χ0v) is 14.4. The van der Waals surface area contributed by atoms with Crippen molar-refractivity contribution in [3.8, 4) is 5.75 Å². The molecule has 0 aliphatic heterocycles. The molecule has 0 aromatic heterocycles. The highest BCUT2D eigenvalue weighted by Gasteiger charge is 2.19. The summed E-state index contributed by atoms with van der Waals surface area (Å²) >= 11 is 5.74. The van der Waals surface area contributed by atoms with E-state index in [9.17, 15) is 4.79 Å². The number of hydrogen-bond acceptors (Lipinski definition) is 3. The van der Waals surface area contributed by atoms with Gasteiger partial charge in [-0.15, -0.1) is 11.6 Å². The Hall–Kier alpha value is -1.26. The van der Waals surface area contributed by atoms with E-state index in [0.29, 0.717) is 18.0 Å². The van der Waals surface area contributed by atoms with Crippen LogP contribution in [0.15, 0.2) is 24.3 Å². The van der Waals surface area contributed by atoms with Crippen LogP contribution in [0.25, 0.3) is 0 Å². The molecule has 124 valence electrons. The van der Waals surface area contributed by atoms with Gasteiger partial charge in [-0.05, 0) is 31.9 Å². The number of para-hydroxylation sites is 2. The van der Waals surface area contributed by atoms with Gasteiger partial charge >= 0.3 is 0 Å². The van der Waals surface area contributed by atoms with Gasteiger partial charge in [0.2, 0.25) is 5.91 Å². The van der Waals surface area contributed by atoms with Gasteiger partial charge in [0.15, 0.2) is 0 Å². The first kappa shape index (κ1) is 18.8. The van der Waals surface area contributed by atoms with E-state index >= 15 is 0 Å². The zero-order chi connectivity index (χ0) is 16.4. The fourth-order valence-corrected chi connectivity index (χ4v) is 1.94. The highest BCUT2D eigenvalue weighted by molar-refractivity contribution is 6.29. The van der Waals surface area contributed by atoms with Crippen LogP contribution in [-0.4, -0.2) is 31.2 Å². The van der Waals surface area contributed by atoms with Gasteiger partial charge in [-0.25, -0.2) is 0 Å². The van der Waals surface area contributed by atoms with Gasteiger partial charge in [0.1, 0.15) is 18.4 Å². The fourth-order valence-electron chi connectivity index (χ4n) is 1.80. The maximum Gasteiger partial charge on any atom is 0.243 e. The Morgan fingerprint density at radius 3 is 2.68 bits per heavy atom. The largest absolute Gasteiger partial charge is 0.491 e. The molecular formula is C17H26ClNO3. The van der Waals surface area contributed by atoms with E-state index in [1.165, 1.54) is 0 Å². The van der Waals surface area contributed by atoms with Crippen molar-refractivity contribution in [3.63, 3.8) is 0 Å². The summed E-state index contributed by atoms with van der Waals surface area (Å²) in [5, 5.41) is 0. The molecule has 0 heterocycles. The predicted molar refractivity (Wildman–Crippen MR) is 90.8 cm³/mol. The minimum atomic E-state index is -0.198. The number of rotatable bonds is 10. The quantitative estimate of drug-likeness (QED) is 0.367. The molecule has 1 atom stereocenters. The molecule has 0 bridgehead atoms. The van der Waals surface area contributed by atoms with Gasteiger partial charge in [0.05, 0.1) is 18.4 Å². The van der Waals surface area contributed by atoms with E-state index in [4.69, 9.17) is 21.1 Å². The Balaban J connectivity index is 2.90. The lowest BCUT2D eigenvalue weighted by atomic mass is 10.2. The Morgan fingerprint density at radius 2 is 2.05 bits per heavy atom. The lowest BCUT2D eigenvalue weighted by Gasteiger charge is -2.25. The Kier molecular flexibility index (Phi) is 8.94. The number of anilines is 1. The van der Waals surface area contributed by atoms with Gasteiger partial charge < -0.3 is 9.47 Å². The van der Waals surface area contributed by atoms with Crippen molar-refractivity contribution in [2.45, 2.75) is 46.1 Å². The monoisotopic (exact) mass is 327 g/mol. The SMILES string of the molecule is CCCCOc1ccccc1N(COC(C)CC)C(=O)CCl. The summed E-state index contributed by atoms with van der Waals surface area (Å²) in [5.41, 5.74) is 0.701. The van der Waals surface area contributed by atoms with Crippen LogP contribution >= 0.6 is 11.6 Å². The number of halogens is 1. The van der Waals surface area contributed by atoms with E-state index < -0.39 is 0 Å². The molecule has 1 unspecified atom stereocenters. The molecule has 1 aromatic rings. The van der Waals surface area contributed by atoms with Crippen molar-refractivity contribution < 1.29 is 14.3 Å². The second kappa shape index (κ2) is 10.5. The molecule has 0 aliphatic carbocycles. The van der Waals surface area contributed by atoms with Crippen molar-refractivity contribution >= 4 is 23.2 Å². The number of carbonyl (C=O) groups is 1. The number of hydrogen-bond donors (Lipinski definition) is 0. The van der Waals surface area contributed by atoms with Crippen LogP contribution in [0.2, 0.25) is 0 Å². The first-order valence-electron chi connectivity index (χ1n) is 7.83. The molecule has 0 spiro atoms. The number of benzene rings is 1. The lowest BCUT2D eigenvalue weighted by molar-refractivity contribution is -0.117. The van der Waals surface area contributed by atoms with Crippen molar-refractivity contribution in [1.82, 2.24) is 0 Å². The minimum absolute atomic E-state index is 0.0822. The Bertz CT molecular complexity index is 453. The van der Waals surface area contributed by atoms with Crippen LogP contribution in [0.4, 0.5) is 5.69 Å². The molecule has 22 heavy (non-hydrogen) atoms. The van der Waals surface area contributed by atoms with Crippen LogP contribution in [0.3, 0.4) is 0 Å². The predicted octanol–water partition coefficient (Wildman–Crippen LogP) is 4.21. The number of alkyl halides is 1. The molecule has 5 heteroatoms. The van der Waals surface area contributed by atoms with E-state index in [2.05, 4.69) is 6.92 Å². The Morgan fingerprint density at radius 1 is 1.32 bits per heavy atom. The lowest BCUT2D eigenvalue weighted by Crippen LogP contribution is -2.35. The maximum absolute atomic E-state index is 12.2. The normalized spacial score (nSPS) is 12.0. The smallest absolute Gasteiger partial charge is 0.243 e. The van der Waals surface area contributed by atoms with Crippen molar-refractivity contribution in [2.24, 2.45) is 0 Å². The van der Waals surface area contributed by atoms with Gasteiger partial charge in [0, 0.05) is 0 Å². The van der Waals surface area contributed by atoms with Gasteiger partial charge in [-0.1, -0.05) is 32.4 Å². The standard InChI is InChI=1S/C17H26ClNO3/c1-4-6-11-21-16-10-8-7-9-15(16)19(17(20)12-18)13-22-14(3)5-2/h7-10,14H,4-6,11-13H2,1-3H3. The molecular weight excluding hydrogens is 302 g/mol. The van der Waals surface area contributed by atoms with Crippen LogP contribution in [0.1, 0.15) is 40.0 Å². The number of carbonyl (C=O) groups excluding carboxylic acids is 1. The highest BCUT2D eigenvalue weighted by Crippen LogP contribution is 2.28. The molecule has 1 rings (SSSR count). The molecule has 1 aromatic carbocycles. The van der Waals surface area contributed by atoms with E-state index in [0.717, 1.165) is 19.3 Å². The molecule has 1 amide bonds. The molecule has 0 radical (unpaired) electrons. The molecule has 0 fully saturated rings. The summed E-state index contributed by atoms with van der Waals surface area (Å²) in [6.07, 6.45) is 3.00. The Labute approximate surface area is 138 Å². The summed E-state index contributed by atoms with van der Waals surface area (Å²) in [6.45, 7) is 6.93. The maximum atomic E-state index is 12.2. The second-order valence-electron chi connectivity index (χ2n) is 5.14. The highest BCUT2D eigenvalue weighted by atomic mass is 35.5. The topological polar surface area (TPSA) is 38.8 Å². The minimum Gasteiger partial charge on any atom is -0.491 e. The molecule has 0 N–H and O–H groups in total. The van der Waals surface area contributed by atoms with Gasteiger partial charge in [-0.2, -0.15) is 0 Å². The van der Waals surface area contributed by atoms with Crippen LogP contribution in [0.5, 0.6) is 5.75 Å². The number of nitrogens with zero attached hydrogens (tertiary/aromatic N) is 1. The second-order valence-corrected chi connectivity index (χ2v) is 5.41. The van der Waals surface area contributed by atoms with Crippen molar-refractivity contribution in [2.75, 3.05) is 24.1 Å². The molecule has 0 saturated heterocycles. The molecule has 0 saturated carbocycles. The molecule has 4 nitrogen and oxygen atoms in total. The van der Waals surface area contributed by atoms with E-state index in [-0.39, 0.29) is 24.6 Å². The summed E-state index contributed by atoms with van der Waals surface area (Å²) in [7, 11) is 0. The van der Waals surface area contributed by atoms with Crippen molar-refractivity contribution in [3.05, 3.63) is 24.3 Å². The number of unbranched alkanes of at least 4 members (excludes halogenated alkanes) is 1. The number of amides is 1. The van der Waals surface area contributed by atoms with Crippen molar-refractivity contribution in [1.29, 1.82) is 0 Å². The van der Waals surface area contributed by atoms with Gasteiger partial charge in [0.25, 0.3) is 0 Å². The third-order valence-corrected chi connectivity index (χ3v) is 3.62. The summed E-state index contributed by atoms with van der Waals surface area (Å²) in [6, 6.07) is 7.48. The van der Waals surface area contributed by atoms with Crippen LogP contribution < -0.4 is 9.64 Å². The fraction of sp³-hybridized carbons (Fsp3) is 0.588. The average Bonchev–Trinajstić information content (AvgIpc) is 2.55. The third kappa shape index (κ3) is 5.85. The zero-order valence-electron chi connectivity index (χ0n) is 13.7. The number of ether oxygens (including phenoxy) is 2. The summed E-state index contributed by atoms with van der Waals surface area (Å²) < 4.78 is 11.5.